The third-order valence-electron chi connectivity index (χ3n) is 3.38. The lowest BCUT2D eigenvalue weighted by Crippen LogP contribution is -2.08. The Morgan fingerprint density at radius 2 is 1.80 bits per heavy atom. The summed E-state index contributed by atoms with van der Waals surface area (Å²) in [5.74, 6) is -1.94. The Morgan fingerprint density at radius 1 is 1.08 bits per heavy atom. The van der Waals surface area contributed by atoms with Crippen molar-refractivity contribution >= 4 is 28.8 Å². The molecule has 0 unspecified atom stereocenters. The van der Waals surface area contributed by atoms with Crippen LogP contribution in [-0.2, 0) is 0 Å². The van der Waals surface area contributed by atoms with E-state index >= 15 is 0 Å². The second-order valence-electron chi connectivity index (χ2n) is 5.00. The first-order chi connectivity index (χ1) is 12.0. The molecule has 0 spiro atoms. The predicted molar refractivity (Wildman–Crippen MR) is 91.0 cm³/mol. The maximum absolute atomic E-state index is 12.6. The molecule has 2 aromatic carbocycles. The van der Waals surface area contributed by atoms with Gasteiger partial charge in [-0.1, -0.05) is 42.5 Å². The molecule has 1 aromatic heterocycles. The number of carbonyl (C=O) groups excluding carboxylic acids is 1. The van der Waals surface area contributed by atoms with E-state index < -0.39 is 16.7 Å². The number of thiazole rings is 1. The van der Waals surface area contributed by atoms with E-state index in [0.29, 0.717) is 10.6 Å². The first-order valence-electron chi connectivity index (χ1n) is 7.06. The molecule has 0 aliphatic rings. The SMILES string of the molecule is O=C(c1cccc([N+](=O)[O-])c1)c1nc(-c2ccccc2)sc1C(=O)O. The standard InChI is InChI=1S/C17H10N2O5S/c20-14(11-7-4-8-12(9-11)19(23)24)13-15(17(21)22)25-16(18-13)10-5-2-1-3-6-10/h1-9H,(H,21,22). The van der Waals surface area contributed by atoms with Crippen LogP contribution in [0, 0.1) is 10.1 Å². The number of nitrogens with zero attached hydrogens (tertiary/aromatic N) is 2. The molecule has 0 radical (unpaired) electrons. The lowest BCUT2D eigenvalue weighted by Gasteiger charge is -1.99. The minimum atomic E-state index is -1.27. The van der Waals surface area contributed by atoms with E-state index in [1.165, 1.54) is 18.2 Å². The molecule has 124 valence electrons. The Labute approximate surface area is 145 Å². The number of aromatic nitrogens is 1. The van der Waals surface area contributed by atoms with Gasteiger partial charge < -0.3 is 5.11 Å². The Hall–Kier alpha value is -3.39. The smallest absolute Gasteiger partial charge is 0.348 e. The number of ketones is 1. The van der Waals surface area contributed by atoms with Gasteiger partial charge in [-0.15, -0.1) is 11.3 Å². The Balaban J connectivity index is 2.08. The zero-order valence-electron chi connectivity index (χ0n) is 12.6. The van der Waals surface area contributed by atoms with E-state index in [4.69, 9.17) is 0 Å². The van der Waals surface area contributed by atoms with Crippen molar-refractivity contribution in [3.05, 3.63) is 80.8 Å². The average Bonchev–Trinajstić information content (AvgIpc) is 3.07. The van der Waals surface area contributed by atoms with Crippen LogP contribution in [0.3, 0.4) is 0 Å². The second kappa shape index (κ2) is 6.62. The summed E-state index contributed by atoms with van der Waals surface area (Å²) in [5, 5.41) is 20.6. The first-order valence-corrected chi connectivity index (χ1v) is 7.87. The highest BCUT2D eigenvalue weighted by Gasteiger charge is 2.25. The summed E-state index contributed by atoms with van der Waals surface area (Å²) >= 11 is 0.889. The average molecular weight is 354 g/mol. The van der Waals surface area contributed by atoms with Gasteiger partial charge in [-0.3, -0.25) is 14.9 Å². The first kappa shape index (κ1) is 16.5. The third kappa shape index (κ3) is 3.29. The topological polar surface area (TPSA) is 110 Å². The Morgan fingerprint density at radius 3 is 2.44 bits per heavy atom. The van der Waals surface area contributed by atoms with Crippen molar-refractivity contribution in [3.8, 4) is 10.6 Å². The fourth-order valence-corrected chi connectivity index (χ4v) is 3.13. The molecule has 8 heteroatoms. The molecule has 0 aliphatic heterocycles. The molecule has 25 heavy (non-hydrogen) atoms. The Kier molecular flexibility index (Phi) is 4.36. The summed E-state index contributed by atoms with van der Waals surface area (Å²) < 4.78 is 0. The van der Waals surface area contributed by atoms with E-state index in [2.05, 4.69) is 4.98 Å². The van der Waals surface area contributed by atoms with Crippen molar-refractivity contribution in [2.24, 2.45) is 0 Å². The van der Waals surface area contributed by atoms with Gasteiger partial charge in [0.05, 0.1) is 4.92 Å². The van der Waals surface area contributed by atoms with Crippen molar-refractivity contribution in [1.29, 1.82) is 0 Å². The number of nitro groups is 1. The number of hydrogen-bond donors (Lipinski definition) is 1. The van der Waals surface area contributed by atoms with Crippen LogP contribution < -0.4 is 0 Å². The lowest BCUT2D eigenvalue weighted by atomic mass is 10.1. The maximum Gasteiger partial charge on any atom is 0.348 e. The quantitative estimate of drug-likeness (QED) is 0.425. The molecule has 0 aliphatic carbocycles. The molecule has 0 amide bonds. The Bertz CT molecular complexity index is 982. The maximum atomic E-state index is 12.6. The lowest BCUT2D eigenvalue weighted by molar-refractivity contribution is -0.384. The minimum Gasteiger partial charge on any atom is -0.477 e. The van der Waals surface area contributed by atoms with Crippen molar-refractivity contribution in [2.75, 3.05) is 0 Å². The summed E-state index contributed by atoms with van der Waals surface area (Å²) in [6.45, 7) is 0. The molecular formula is C17H10N2O5S. The fourth-order valence-electron chi connectivity index (χ4n) is 2.22. The molecule has 3 aromatic rings. The van der Waals surface area contributed by atoms with Crippen molar-refractivity contribution in [1.82, 2.24) is 4.98 Å². The number of nitro benzene ring substituents is 1. The zero-order valence-corrected chi connectivity index (χ0v) is 13.4. The number of benzene rings is 2. The summed E-state index contributed by atoms with van der Waals surface area (Å²) in [5.41, 5.74) is 0.229. The van der Waals surface area contributed by atoms with Gasteiger partial charge in [0.1, 0.15) is 15.6 Å². The van der Waals surface area contributed by atoms with Gasteiger partial charge >= 0.3 is 5.97 Å². The van der Waals surface area contributed by atoms with E-state index in [-0.39, 0.29) is 21.8 Å². The highest BCUT2D eigenvalue weighted by atomic mass is 32.1. The van der Waals surface area contributed by atoms with E-state index in [1.54, 1.807) is 24.3 Å². The van der Waals surface area contributed by atoms with Gasteiger partial charge in [-0.25, -0.2) is 9.78 Å². The fraction of sp³-hybridized carbons (Fsp3) is 0. The summed E-state index contributed by atoms with van der Waals surface area (Å²) in [6.07, 6.45) is 0. The number of carbonyl (C=O) groups is 2. The largest absolute Gasteiger partial charge is 0.477 e. The van der Waals surface area contributed by atoms with Crippen LogP contribution >= 0.6 is 11.3 Å². The summed E-state index contributed by atoms with van der Waals surface area (Å²) in [7, 11) is 0. The van der Waals surface area contributed by atoms with Crippen LogP contribution in [0.25, 0.3) is 10.6 Å². The molecular weight excluding hydrogens is 344 g/mol. The molecule has 0 saturated heterocycles. The van der Waals surface area contributed by atoms with Crippen LogP contribution in [0.15, 0.2) is 54.6 Å². The minimum absolute atomic E-state index is 0.0154. The molecule has 1 heterocycles. The van der Waals surface area contributed by atoms with Crippen molar-refractivity contribution in [3.63, 3.8) is 0 Å². The molecule has 3 rings (SSSR count). The number of aromatic carboxylic acids is 1. The molecule has 1 N–H and O–H groups in total. The van der Waals surface area contributed by atoms with Crippen LogP contribution in [0.4, 0.5) is 5.69 Å². The summed E-state index contributed by atoms with van der Waals surface area (Å²) in [4.78, 5) is 38.4. The van der Waals surface area contributed by atoms with Gasteiger partial charge in [0.25, 0.3) is 5.69 Å². The van der Waals surface area contributed by atoms with E-state index in [9.17, 15) is 24.8 Å². The molecule has 0 bridgehead atoms. The molecule has 0 atom stereocenters. The molecule has 7 nitrogen and oxygen atoms in total. The van der Waals surface area contributed by atoms with Gasteiger partial charge in [0, 0.05) is 23.3 Å². The van der Waals surface area contributed by atoms with Crippen LogP contribution in [0.2, 0.25) is 0 Å². The second-order valence-corrected chi connectivity index (χ2v) is 6.00. The van der Waals surface area contributed by atoms with Crippen molar-refractivity contribution in [2.45, 2.75) is 0 Å². The highest BCUT2D eigenvalue weighted by Crippen LogP contribution is 2.30. The van der Waals surface area contributed by atoms with Gasteiger partial charge in [0.15, 0.2) is 0 Å². The molecule has 0 fully saturated rings. The zero-order chi connectivity index (χ0) is 18.0. The van der Waals surface area contributed by atoms with E-state index in [1.807, 2.05) is 6.07 Å². The normalized spacial score (nSPS) is 10.4. The number of non-ortho nitro benzene ring substituents is 1. The van der Waals surface area contributed by atoms with Gasteiger partial charge in [-0.05, 0) is 0 Å². The van der Waals surface area contributed by atoms with E-state index in [0.717, 1.165) is 17.4 Å². The number of carboxylic acids is 1. The number of rotatable bonds is 5. The van der Waals surface area contributed by atoms with Gasteiger partial charge in [-0.2, -0.15) is 0 Å². The van der Waals surface area contributed by atoms with Gasteiger partial charge in [0.2, 0.25) is 5.78 Å². The highest BCUT2D eigenvalue weighted by molar-refractivity contribution is 7.17. The van der Waals surface area contributed by atoms with Crippen LogP contribution in [0.5, 0.6) is 0 Å². The summed E-state index contributed by atoms with van der Waals surface area (Å²) in [6, 6.07) is 14.0. The predicted octanol–water partition coefficient (Wildman–Crippen LogP) is 3.65. The molecule has 0 saturated carbocycles. The number of hydrogen-bond acceptors (Lipinski definition) is 6. The van der Waals surface area contributed by atoms with Crippen LogP contribution in [-0.4, -0.2) is 26.8 Å². The van der Waals surface area contributed by atoms with Crippen LogP contribution in [0.1, 0.15) is 25.7 Å². The monoisotopic (exact) mass is 354 g/mol. The van der Waals surface area contributed by atoms with Crippen molar-refractivity contribution < 1.29 is 19.6 Å². The third-order valence-corrected chi connectivity index (χ3v) is 4.47. The number of carboxylic acid groups (broad SMARTS) is 1.